The summed E-state index contributed by atoms with van der Waals surface area (Å²) in [5.41, 5.74) is 5.50. The highest BCUT2D eigenvalue weighted by molar-refractivity contribution is 7.89. The third kappa shape index (κ3) is 4.61. The van der Waals surface area contributed by atoms with Gasteiger partial charge in [-0.2, -0.15) is 0 Å². The first-order valence-electron chi connectivity index (χ1n) is 7.59. The van der Waals surface area contributed by atoms with Crippen molar-refractivity contribution in [3.05, 3.63) is 57.0 Å². The van der Waals surface area contributed by atoms with Crippen LogP contribution in [0.2, 0.25) is 15.1 Å². The summed E-state index contributed by atoms with van der Waals surface area (Å²) in [7, 11) is -3.65. The second kappa shape index (κ2) is 7.62. The van der Waals surface area contributed by atoms with Crippen LogP contribution in [0.3, 0.4) is 0 Å². The predicted molar refractivity (Wildman–Crippen MR) is 102 cm³/mol. The van der Waals surface area contributed by atoms with Gasteiger partial charge in [0, 0.05) is 16.6 Å². The zero-order valence-electron chi connectivity index (χ0n) is 13.2. The van der Waals surface area contributed by atoms with E-state index in [0.717, 1.165) is 12.8 Å². The van der Waals surface area contributed by atoms with Gasteiger partial charge in [-0.25, -0.2) is 13.1 Å². The molecule has 26 heavy (non-hydrogen) atoms. The monoisotopic (exact) mass is 433 g/mol. The fourth-order valence-corrected chi connectivity index (χ4v) is 4.41. The van der Waals surface area contributed by atoms with E-state index in [0.29, 0.717) is 5.02 Å². The lowest BCUT2D eigenvalue weighted by atomic mass is 10.2. The number of benzene rings is 2. The number of carbonyl (C=O) groups excluding carboxylic acids is 1. The zero-order valence-corrected chi connectivity index (χ0v) is 16.3. The molecule has 1 aliphatic carbocycles. The predicted octanol–water partition coefficient (Wildman–Crippen LogP) is 3.84. The van der Waals surface area contributed by atoms with Crippen LogP contribution >= 0.6 is 34.8 Å². The van der Waals surface area contributed by atoms with E-state index in [2.05, 4.69) is 15.6 Å². The van der Waals surface area contributed by atoms with Gasteiger partial charge in [0.1, 0.15) is 0 Å². The van der Waals surface area contributed by atoms with Gasteiger partial charge in [0.2, 0.25) is 10.0 Å². The number of anilines is 1. The van der Waals surface area contributed by atoms with Gasteiger partial charge in [0.05, 0.1) is 20.6 Å². The smallest absolute Gasteiger partial charge is 0.269 e. The highest BCUT2D eigenvalue weighted by atomic mass is 35.5. The number of carbonyl (C=O) groups is 1. The molecule has 1 aliphatic rings. The van der Waals surface area contributed by atoms with Gasteiger partial charge in [-0.3, -0.25) is 15.6 Å². The first-order chi connectivity index (χ1) is 12.3. The molecule has 1 fully saturated rings. The molecule has 6 nitrogen and oxygen atoms in total. The normalized spacial score (nSPS) is 14.1. The molecular formula is C16H14Cl3N3O3S. The van der Waals surface area contributed by atoms with Crippen molar-refractivity contribution >= 4 is 56.4 Å². The summed E-state index contributed by atoms with van der Waals surface area (Å²) in [5, 5.41) is 0.818. The molecular weight excluding hydrogens is 421 g/mol. The SMILES string of the molecule is O=C(NNc1c(Cl)cc(Cl)cc1Cl)c1cccc(S(=O)(=O)NC2CC2)c1. The van der Waals surface area contributed by atoms with Gasteiger partial charge >= 0.3 is 0 Å². The van der Waals surface area contributed by atoms with Crippen molar-refractivity contribution < 1.29 is 13.2 Å². The van der Waals surface area contributed by atoms with Crippen LogP contribution in [0.4, 0.5) is 5.69 Å². The van der Waals surface area contributed by atoms with Crippen LogP contribution < -0.4 is 15.6 Å². The van der Waals surface area contributed by atoms with Gasteiger partial charge in [0.15, 0.2) is 0 Å². The number of sulfonamides is 1. The Labute approximate surface area is 165 Å². The minimum atomic E-state index is -3.65. The Hall–Kier alpha value is -1.51. The van der Waals surface area contributed by atoms with E-state index in [1.54, 1.807) is 0 Å². The Bertz CT molecular complexity index is 939. The average molecular weight is 435 g/mol. The van der Waals surface area contributed by atoms with E-state index in [4.69, 9.17) is 34.8 Å². The molecule has 10 heteroatoms. The number of hydrogen-bond acceptors (Lipinski definition) is 4. The number of rotatable bonds is 6. The van der Waals surface area contributed by atoms with Crippen LogP contribution in [-0.4, -0.2) is 20.4 Å². The molecule has 0 atom stereocenters. The average Bonchev–Trinajstić information content (AvgIpc) is 3.37. The number of hydrogen-bond donors (Lipinski definition) is 3. The second-order valence-electron chi connectivity index (χ2n) is 5.75. The summed E-state index contributed by atoms with van der Waals surface area (Å²) in [6, 6.07) is 8.65. The minimum absolute atomic E-state index is 0.0201. The Balaban J connectivity index is 1.73. The molecule has 0 heterocycles. The summed E-state index contributed by atoms with van der Waals surface area (Å²) in [6.07, 6.45) is 1.65. The maximum Gasteiger partial charge on any atom is 0.269 e. The molecule has 0 aliphatic heterocycles. The zero-order chi connectivity index (χ0) is 18.9. The molecule has 1 saturated carbocycles. The third-order valence-corrected chi connectivity index (χ3v) is 5.95. The Kier molecular flexibility index (Phi) is 5.64. The second-order valence-corrected chi connectivity index (χ2v) is 8.71. The van der Waals surface area contributed by atoms with Gasteiger partial charge in [-0.1, -0.05) is 40.9 Å². The van der Waals surface area contributed by atoms with Crippen molar-refractivity contribution in [2.75, 3.05) is 5.43 Å². The summed E-state index contributed by atoms with van der Waals surface area (Å²) >= 11 is 17.9. The number of hydrazine groups is 1. The fourth-order valence-electron chi connectivity index (χ4n) is 2.15. The molecule has 2 aromatic rings. The molecule has 0 bridgehead atoms. The quantitative estimate of drug-likeness (QED) is 0.603. The standard InChI is InChI=1S/C16H14Cl3N3O3S/c17-10-7-13(18)15(14(19)8-10)20-21-16(23)9-2-1-3-12(6-9)26(24,25)22-11-4-5-11/h1-3,6-8,11,20,22H,4-5H2,(H,21,23). The molecule has 138 valence electrons. The van der Waals surface area contributed by atoms with Crippen molar-refractivity contribution in [1.82, 2.24) is 10.1 Å². The molecule has 1 amide bonds. The summed E-state index contributed by atoms with van der Waals surface area (Å²) in [6.45, 7) is 0. The fraction of sp³-hybridized carbons (Fsp3) is 0.188. The molecule has 0 spiro atoms. The van der Waals surface area contributed by atoms with Gasteiger partial charge in [0.25, 0.3) is 5.91 Å². The summed E-state index contributed by atoms with van der Waals surface area (Å²) in [5.74, 6) is -0.546. The van der Waals surface area contributed by atoms with Crippen molar-refractivity contribution in [1.29, 1.82) is 0 Å². The first-order valence-corrected chi connectivity index (χ1v) is 10.2. The van der Waals surface area contributed by atoms with E-state index in [-0.39, 0.29) is 32.2 Å². The highest BCUT2D eigenvalue weighted by Gasteiger charge is 2.28. The van der Waals surface area contributed by atoms with Crippen LogP contribution in [0.1, 0.15) is 23.2 Å². The summed E-state index contributed by atoms with van der Waals surface area (Å²) in [4.78, 5) is 12.3. The van der Waals surface area contributed by atoms with E-state index in [1.807, 2.05) is 0 Å². The van der Waals surface area contributed by atoms with E-state index in [9.17, 15) is 13.2 Å². The molecule has 3 N–H and O–H groups in total. The van der Waals surface area contributed by atoms with Crippen molar-refractivity contribution in [3.63, 3.8) is 0 Å². The van der Waals surface area contributed by atoms with Gasteiger partial charge in [-0.15, -0.1) is 0 Å². The van der Waals surface area contributed by atoms with E-state index >= 15 is 0 Å². The van der Waals surface area contributed by atoms with Crippen LogP contribution in [0, 0.1) is 0 Å². The molecule has 0 radical (unpaired) electrons. The highest BCUT2D eigenvalue weighted by Crippen LogP contribution is 2.33. The van der Waals surface area contributed by atoms with Crippen LogP contribution in [0.25, 0.3) is 0 Å². The maximum absolute atomic E-state index is 12.3. The Morgan fingerprint density at radius 3 is 2.31 bits per heavy atom. The Morgan fingerprint density at radius 2 is 1.69 bits per heavy atom. The Morgan fingerprint density at radius 1 is 1.04 bits per heavy atom. The van der Waals surface area contributed by atoms with Gasteiger partial charge < -0.3 is 0 Å². The lowest BCUT2D eigenvalue weighted by Crippen LogP contribution is -2.30. The minimum Gasteiger partial charge on any atom is -0.295 e. The largest absolute Gasteiger partial charge is 0.295 e. The lowest BCUT2D eigenvalue weighted by Gasteiger charge is -2.13. The topological polar surface area (TPSA) is 87.3 Å². The van der Waals surface area contributed by atoms with Crippen molar-refractivity contribution in [3.8, 4) is 0 Å². The molecule has 2 aromatic carbocycles. The molecule has 0 aromatic heterocycles. The first kappa shape index (κ1) is 19.3. The molecule has 0 unspecified atom stereocenters. The van der Waals surface area contributed by atoms with E-state index < -0.39 is 15.9 Å². The number of nitrogens with one attached hydrogen (secondary N) is 3. The molecule has 3 rings (SSSR count). The van der Waals surface area contributed by atoms with Crippen LogP contribution in [-0.2, 0) is 10.0 Å². The van der Waals surface area contributed by atoms with E-state index in [1.165, 1.54) is 36.4 Å². The lowest BCUT2D eigenvalue weighted by molar-refractivity contribution is 0.0962. The van der Waals surface area contributed by atoms with Gasteiger partial charge in [-0.05, 0) is 43.2 Å². The summed E-state index contributed by atoms with van der Waals surface area (Å²) < 4.78 is 27.1. The number of halogens is 3. The molecule has 0 saturated heterocycles. The van der Waals surface area contributed by atoms with Crippen LogP contribution in [0.15, 0.2) is 41.3 Å². The van der Waals surface area contributed by atoms with Crippen molar-refractivity contribution in [2.24, 2.45) is 0 Å². The van der Waals surface area contributed by atoms with Crippen molar-refractivity contribution in [2.45, 2.75) is 23.8 Å². The number of amides is 1. The van der Waals surface area contributed by atoms with Crippen LogP contribution in [0.5, 0.6) is 0 Å². The third-order valence-electron chi connectivity index (χ3n) is 3.61. The maximum atomic E-state index is 12.3.